The summed E-state index contributed by atoms with van der Waals surface area (Å²) in [5.41, 5.74) is 1.06. The van der Waals surface area contributed by atoms with Crippen LogP contribution in [0.3, 0.4) is 0 Å². The van der Waals surface area contributed by atoms with Gasteiger partial charge in [-0.15, -0.1) is 0 Å². The van der Waals surface area contributed by atoms with Crippen LogP contribution in [-0.4, -0.2) is 22.5 Å². The van der Waals surface area contributed by atoms with E-state index in [-0.39, 0.29) is 5.91 Å². The van der Waals surface area contributed by atoms with Crippen LogP contribution in [0.15, 0.2) is 47.3 Å². The van der Waals surface area contributed by atoms with E-state index in [1.165, 1.54) is 0 Å². The van der Waals surface area contributed by atoms with E-state index in [4.69, 9.17) is 4.42 Å². The van der Waals surface area contributed by atoms with Crippen LogP contribution in [-0.2, 0) is 4.79 Å². The molecule has 0 saturated heterocycles. The molecule has 120 valence electrons. The first-order chi connectivity index (χ1) is 11.1. The number of carbonyl (C=O) groups excluding carboxylic acids is 1. The molecule has 1 aliphatic rings. The number of carbonyl (C=O) groups is 2. The van der Waals surface area contributed by atoms with Crippen molar-refractivity contribution < 1.29 is 19.1 Å². The van der Waals surface area contributed by atoms with Crippen molar-refractivity contribution in [1.29, 1.82) is 0 Å². The molecule has 5 nitrogen and oxygen atoms in total. The molecule has 0 atom stereocenters. The zero-order valence-corrected chi connectivity index (χ0v) is 12.7. The van der Waals surface area contributed by atoms with E-state index >= 15 is 0 Å². The molecule has 3 rings (SSSR count). The maximum Gasteiger partial charge on any atom is 0.329 e. The zero-order chi connectivity index (χ0) is 16.3. The molecule has 1 aromatic heterocycles. The van der Waals surface area contributed by atoms with E-state index in [9.17, 15) is 14.7 Å². The van der Waals surface area contributed by atoms with Crippen LogP contribution in [0, 0.1) is 0 Å². The van der Waals surface area contributed by atoms with Crippen LogP contribution in [0.25, 0.3) is 11.1 Å². The molecule has 5 heteroatoms. The number of amides is 1. The van der Waals surface area contributed by atoms with Gasteiger partial charge in [-0.2, -0.15) is 0 Å². The summed E-state index contributed by atoms with van der Waals surface area (Å²) in [5, 5.41) is 12.3. The Morgan fingerprint density at radius 3 is 2.52 bits per heavy atom. The SMILES string of the molecule is O=C(NC1(C(=O)O)CCCCC1)c1cccc(-c2ccoc2)c1. The Morgan fingerprint density at radius 1 is 1.09 bits per heavy atom. The Morgan fingerprint density at radius 2 is 1.87 bits per heavy atom. The van der Waals surface area contributed by atoms with Crippen molar-refractivity contribution in [3.05, 3.63) is 48.4 Å². The van der Waals surface area contributed by atoms with E-state index in [1.54, 1.807) is 30.7 Å². The molecule has 1 heterocycles. The molecule has 1 saturated carbocycles. The highest BCUT2D eigenvalue weighted by atomic mass is 16.4. The maximum atomic E-state index is 12.5. The average molecular weight is 313 g/mol. The molecule has 2 aromatic rings. The van der Waals surface area contributed by atoms with Crippen molar-refractivity contribution >= 4 is 11.9 Å². The first-order valence-corrected chi connectivity index (χ1v) is 7.79. The summed E-state index contributed by atoms with van der Waals surface area (Å²) in [5.74, 6) is -1.30. The van der Waals surface area contributed by atoms with Crippen molar-refractivity contribution in [2.75, 3.05) is 0 Å². The summed E-state index contributed by atoms with van der Waals surface area (Å²) < 4.78 is 5.06. The monoisotopic (exact) mass is 313 g/mol. The zero-order valence-electron chi connectivity index (χ0n) is 12.7. The van der Waals surface area contributed by atoms with Gasteiger partial charge in [-0.25, -0.2) is 4.79 Å². The van der Waals surface area contributed by atoms with Gasteiger partial charge >= 0.3 is 5.97 Å². The number of nitrogens with one attached hydrogen (secondary N) is 1. The fraction of sp³-hybridized carbons (Fsp3) is 0.333. The molecule has 1 amide bonds. The number of benzene rings is 1. The Balaban J connectivity index is 1.83. The topological polar surface area (TPSA) is 79.5 Å². The first-order valence-electron chi connectivity index (χ1n) is 7.79. The Bertz CT molecular complexity index is 700. The Kier molecular flexibility index (Phi) is 4.19. The number of furan rings is 1. The van der Waals surface area contributed by atoms with Crippen LogP contribution in [0.1, 0.15) is 42.5 Å². The number of rotatable bonds is 4. The summed E-state index contributed by atoms with van der Waals surface area (Å²) in [6.07, 6.45) is 6.80. The normalized spacial score (nSPS) is 16.7. The second kappa shape index (κ2) is 6.28. The van der Waals surface area contributed by atoms with Gasteiger partial charge in [-0.05, 0) is 36.6 Å². The third-order valence-electron chi connectivity index (χ3n) is 4.45. The first kappa shape index (κ1) is 15.3. The molecule has 23 heavy (non-hydrogen) atoms. The Labute approximate surface area is 134 Å². The van der Waals surface area contributed by atoms with Gasteiger partial charge in [0.2, 0.25) is 0 Å². The molecule has 0 spiro atoms. The summed E-state index contributed by atoms with van der Waals surface area (Å²) in [7, 11) is 0. The highest BCUT2D eigenvalue weighted by Crippen LogP contribution is 2.29. The van der Waals surface area contributed by atoms with Crippen molar-refractivity contribution in [3.8, 4) is 11.1 Å². The molecular formula is C18H19NO4. The van der Waals surface area contributed by atoms with E-state index in [0.29, 0.717) is 18.4 Å². The fourth-order valence-electron chi connectivity index (χ4n) is 3.11. The number of carboxylic acids is 1. The minimum atomic E-state index is -1.14. The van der Waals surface area contributed by atoms with Gasteiger partial charge in [-0.1, -0.05) is 31.4 Å². The van der Waals surface area contributed by atoms with Gasteiger partial charge in [-0.3, -0.25) is 4.79 Å². The smallest absolute Gasteiger partial charge is 0.329 e. The number of aliphatic carboxylic acids is 1. The average Bonchev–Trinajstić information content (AvgIpc) is 3.10. The standard InChI is InChI=1S/C18H19NO4/c20-16(19-18(17(21)22)8-2-1-3-9-18)14-6-4-5-13(11-14)15-7-10-23-12-15/h4-7,10-12H,1-3,8-9H2,(H,19,20)(H,21,22). The predicted octanol–water partition coefficient (Wildman–Crippen LogP) is 3.46. The van der Waals surface area contributed by atoms with Gasteiger partial charge in [0.05, 0.1) is 12.5 Å². The lowest BCUT2D eigenvalue weighted by atomic mass is 9.81. The fourth-order valence-corrected chi connectivity index (χ4v) is 3.11. The molecule has 1 aliphatic carbocycles. The molecular weight excluding hydrogens is 294 g/mol. The van der Waals surface area contributed by atoms with Crippen molar-refractivity contribution in [2.45, 2.75) is 37.6 Å². The lowest BCUT2D eigenvalue weighted by Crippen LogP contribution is -2.55. The molecule has 0 bridgehead atoms. The summed E-state index contributed by atoms with van der Waals surface area (Å²) in [4.78, 5) is 24.2. The second-order valence-electron chi connectivity index (χ2n) is 5.99. The minimum absolute atomic E-state index is 0.348. The van der Waals surface area contributed by atoms with Gasteiger partial charge < -0.3 is 14.8 Å². The second-order valence-corrected chi connectivity index (χ2v) is 5.99. The molecule has 0 aliphatic heterocycles. The van der Waals surface area contributed by atoms with Gasteiger partial charge in [0.15, 0.2) is 0 Å². The van der Waals surface area contributed by atoms with Crippen LogP contribution in [0.2, 0.25) is 0 Å². The molecule has 0 unspecified atom stereocenters. The number of hydrogen-bond donors (Lipinski definition) is 2. The lowest BCUT2D eigenvalue weighted by Gasteiger charge is -2.34. The third-order valence-corrected chi connectivity index (χ3v) is 4.45. The van der Waals surface area contributed by atoms with Gasteiger partial charge in [0, 0.05) is 11.1 Å². The van der Waals surface area contributed by atoms with Crippen molar-refractivity contribution in [2.24, 2.45) is 0 Å². The molecule has 0 radical (unpaired) electrons. The minimum Gasteiger partial charge on any atom is -0.480 e. The van der Waals surface area contributed by atoms with Crippen molar-refractivity contribution in [1.82, 2.24) is 5.32 Å². The van der Waals surface area contributed by atoms with Gasteiger partial charge in [0.25, 0.3) is 5.91 Å². The largest absolute Gasteiger partial charge is 0.480 e. The van der Waals surface area contributed by atoms with Gasteiger partial charge in [0.1, 0.15) is 5.54 Å². The quantitative estimate of drug-likeness (QED) is 0.906. The number of carboxylic acid groups (broad SMARTS) is 1. The molecule has 1 fully saturated rings. The maximum absolute atomic E-state index is 12.5. The van der Waals surface area contributed by atoms with Crippen LogP contribution < -0.4 is 5.32 Å². The summed E-state index contributed by atoms with van der Waals surface area (Å²) in [6, 6.07) is 8.92. The molecule has 1 aromatic carbocycles. The Hall–Kier alpha value is -2.56. The van der Waals surface area contributed by atoms with E-state index in [1.807, 2.05) is 12.1 Å². The van der Waals surface area contributed by atoms with Crippen LogP contribution in [0.4, 0.5) is 0 Å². The highest BCUT2D eigenvalue weighted by molar-refractivity contribution is 5.98. The van der Waals surface area contributed by atoms with Crippen LogP contribution in [0.5, 0.6) is 0 Å². The highest BCUT2D eigenvalue weighted by Gasteiger charge is 2.41. The van der Waals surface area contributed by atoms with E-state index in [2.05, 4.69) is 5.32 Å². The number of hydrogen-bond acceptors (Lipinski definition) is 3. The summed E-state index contributed by atoms with van der Waals surface area (Å²) in [6.45, 7) is 0. The van der Waals surface area contributed by atoms with Crippen LogP contribution >= 0.6 is 0 Å². The third kappa shape index (κ3) is 3.13. The summed E-state index contributed by atoms with van der Waals surface area (Å²) >= 11 is 0. The molecule has 2 N–H and O–H groups in total. The van der Waals surface area contributed by atoms with E-state index < -0.39 is 11.5 Å². The lowest BCUT2D eigenvalue weighted by molar-refractivity contribution is -0.145. The van der Waals surface area contributed by atoms with E-state index in [0.717, 1.165) is 30.4 Å². The van der Waals surface area contributed by atoms with Crippen molar-refractivity contribution in [3.63, 3.8) is 0 Å². The predicted molar refractivity (Wildman–Crippen MR) is 85.1 cm³/mol.